The highest BCUT2D eigenvalue weighted by atomic mass is 16.5. The molecule has 0 saturated heterocycles. The number of ether oxygens (including phenoxy) is 1. The van der Waals surface area contributed by atoms with Crippen LogP contribution >= 0.6 is 0 Å². The van der Waals surface area contributed by atoms with E-state index in [2.05, 4.69) is 274 Å². The van der Waals surface area contributed by atoms with E-state index in [0.717, 1.165) is 94.7 Å². The topological polar surface area (TPSA) is 35.6 Å². The Morgan fingerprint density at radius 1 is 0.456 bits per heavy atom. The molecule has 15 rings (SSSR count). The molecule has 0 amide bonds. The molecular weight excluding hydrogens is 961 g/mol. The van der Waals surface area contributed by atoms with Crippen LogP contribution in [0.5, 0.6) is 11.5 Å². The average molecular weight is 1020 g/mol. The van der Waals surface area contributed by atoms with Gasteiger partial charge in [0.1, 0.15) is 17.3 Å². The number of pyridine rings is 1. The van der Waals surface area contributed by atoms with Crippen molar-refractivity contribution in [3.63, 3.8) is 0 Å². The highest BCUT2D eigenvalue weighted by Gasteiger charge is 2.37. The lowest BCUT2D eigenvalue weighted by Gasteiger charge is -2.42. The molecule has 382 valence electrons. The van der Waals surface area contributed by atoms with Gasteiger partial charge < -0.3 is 4.74 Å². The minimum Gasteiger partial charge on any atom is -0.458 e. The molecule has 5 heterocycles. The van der Waals surface area contributed by atoms with E-state index in [0.29, 0.717) is 0 Å². The molecule has 0 saturated carbocycles. The van der Waals surface area contributed by atoms with Gasteiger partial charge in [-0.2, -0.15) is 0 Å². The van der Waals surface area contributed by atoms with E-state index in [1.54, 1.807) is 0 Å². The van der Waals surface area contributed by atoms with Crippen LogP contribution in [-0.4, -0.2) is 14.0 Å². The summed E-state index contributed by atoms with van der Waals surface area (Å²) in [6, 6.07) is 76.0. The summed E-state index contributed by atoms with van der Waals surface area (Å²) < 4.78 is 14.2. The third-order valence-corrected chi connectivity index (χ3v) is 17.6. The van der Waals surface area contributed by atoms with E-state index in [1.807, 2.05) is 6.20 Å². The normalized spacial score (nSPS) is 14.4. The molecule has 0 N–H and O–H groups in total. The van der Waals surface area contributed by atoms with E-state index in [9.17, 15) is 0 Å². The number of hydrogen-bond donors (Lipinski definition) is 0. The highest BCUT2D eigenvalue weighted by Crippen LogP contribution is 2.48. The zero-order valence-corrected chi connectivity index (χ0v) is 45.8. The molecule has 0 aliphatic heterocycles. The van der Waals surface area contributed by atoms with E-state index in [4.69, 9.17) is 9.72 Å². The van der Waals surface area contributed by atoms with Crippen LogP contribution in [0.1, 0.15) is 78.0 Å². The molecule has 0 unspecified atom stereocenters. The predicted molar refractivity (Wildman–Crippen MR) is 330 cm³/mol. The largest absolute Gasteiger partial charge is 0.458 e. The van der Waals surface area contributed by atoms with Crippen molar-refractivity contribution in [3.8, 4) is 28.4 Å². The monoisotopic (exact) mass is 1020 g/mol. The van der Waals surface area contributed by atoms with E-state index in [-0.39, 0.29) is 16.2 Å². The summed E-state index contributed by atoms with van der Waals surface area (Å²) >= 11 is 0. The Labute approximate surface area is 459 Å². The minimum atomic E-state index is -0.0402. The van der Waals surface area contributed by atoms with E-state index in [1.165, 1.54) is 61.0 Å². The molecular formula is C74H60N4O. The smallest absolute Gasteiger partial charge is 0.269 e. The maximum atomic E-state index is 7.14. The fourth-order valence-electron chi connectivity index (χ4n) is 13.4. The van der Waals surface area contributed by atoms with Crippen molar-refractivity contribution in [1.82, 2.24) is 14.0 Å². The molecule has 0 atom stereocenters. The lowest BCUT2D eigenvalue weighted by molar-refractivity contribution is -0.484. The second-order valence-corrected chi connectivity index (χ2v) is 24.3. The average Bonchev–Trinajstić information content (AvgIpc) is 4.10. The van der Waals surface area contributed by atoms with Gasteiger partial charge in [-0.25, -0.2) is 4.98 Å². The van der Waals surface area contributed by atoms with Gasteiger partial charge in [-0.15, -0.1) is 0 Å². The predicted octanol–water partition coefficient (Wildman–Crippen LogP) is 19.1. The van der Waals surface area contributed by atoms with Gasteiger partial charge in [-0.05, 0) is 153 Å². The summed E-state index contributed by atoms with van der Waals surface area (Å²) in [5.41, 5.74) is 12.9. The SMILES string of the molecule is CC(C)(C)c1ccnc(-n2c3ccccc3c3ccc(Oc4ccc5c6ccccc6c6ccccc6c6c7c8ccccc8c8ccccc8c8cccc(-c9ccc%10c(c9)C(C)(C)CCC%10(C)C)c8[n+]7[c-]n6c5c4)cc32)c1. The molecule has 5 heteroatoms. The van der Waals surface area contributed by atoms with Gasteiger partial charge in [0.15, 0.2) is 0 Å². The maximum Gasteiger partial charge on any atom is 0.269 e. The number of para-hydroxylation sites is 2. The second kappa shape index (κ2) is 17.2. The van der Waals surface area contributed by atoms with Crippen molar-refractivity contribution < 1.29 is 9.14 Å². The number of imidazole rings is 1. The number of hydrogen-bond acceptors (Lipinski definition) is 2. The number of benzene rings is 9. The summed E-state index contributed by atoms with van der Waals surface area (Å²) in [6.07, 6.45) is 8.43. The number of fused-ring (bicyclic) bond motifs is 21. The lowest BCUT2D eigenvalue weighted by Crippen LogP contribution is -2.33. The van der Waals surface area contributed by atoms with E-state index < -0.39 is 0 Å². The van der Waals surface area contributed by atoms with Crippen molar-refractivity contribution in [2.75, 3.05) is 0 Å². The summed E-state index contributed by atoms with van der Waals surface area (Å²) in [5, 5.41) is 13.9. The highest BCUT2D eigenvalue weighted by molar-refractivity contribution is 6.24. The maximum absolute atomic E-state index is 7.14. The Balaban J connectivity index is 1.07. The van der Waals surface area contributed by atoms with Crippen molar-refractivity contribution in [3.05, 3.63) is 235 Å². The molecule has 5 nitrogen and oxygen atoms in total. The summed E-state index contributed by atoms with van der Waals surface area (Å²) in [7, 11) is 0. The quantitative estimate of drug-likeness (QED) is 0.130. The molecule has 0 radical (unpaired) electrons. The van der Waals surface area contributed by atoms with Crippen LogP contribution in [0.4, 0.5) is 0 Å². The number of nitrogens with zero attached hydrogens (tertiary/aromatic N) is 4. The Morgan fingerprint density at radius 2 is 0.962 bits per heavy atom. The lowest BCUT2D eigenvalue weighted by atomic mass is 9.63. The molecule has 0 bridgehead atoms. The molecule has 0 fully saturated rings. The van der Waals surface area contributed by atoms with Crippen LogP contribution < -0.4 is 9.14 Å². The van der Waals surface area contributed by atoms with Gasteiger partial charge in [-0.1, -0.05) is 206 Å². The zero-order chi connectivity index (χ0) is 53.5. The van der Waals surface area contributed by atoms with Gasteiger partial charge in [0, 0.05) is 23.0 Å². The van der Waals surface area contributed by atoms with Crippen LogP contribution in [0, 0.1) is 6.33 Å². The summed E-state index contributed by atoms with van der Waals surface area (Å²) in [4.78, 5) is 4.97. The van der Waals surface area contributed by atoms with Gasteiger partial charge in [0.2, 0.25) is 0 Å². The van der Waals surface area contributed by atoms with Gasteiger partial charge in [0.25, 0.3) is 6.33 Å². The van der Waals surface area contributed by atoms with Gasteiger partial charge in [0.05, 0.1) is 33.1 Å². The second-order valence-electron chi connectivity index (χ2n) is 24.3. The van der Waals surface area contributed by atoms with Gasteiger partial charge in [-0.3, -0.25) is 13.4 Å². The Morgan fingerprint density at radius 3 is 1.62 bits per heavy atom. The van der Waals surface area contributed by atoms with Crippen LogP contribution in [-0.2, 0) is 16.2 Å². The first-order chi connectivity index (χ1) is 38.3. The Kier molecular flexibility index (Phi) is 10.3. The van der Waals surface area contributed by atoms with Crippen LogP contribution in [0.15, 0.2) is 212 Å². The van der Waals surface area contributed by atoms with Crippen molar-refractivity contribution in [1.29, 1.82) is 0 Å². The van der Waals surface area contributed by atoms with Crippen molar-refractivity contribution in [2.24, 2.45) is 0 Å². The number of rotatable bonds is 4. The van der Waals surface area contributed by atoms with Crippen LogP contribution in [0.2, 0.25) is 0 Å². The third kappa shape index (κ3) is 7.28. The fourth-order valence-corrected chi connectivity index (χ4v) is 13.4. The first-order valence-electron chi connectivity index (χ1n) is 27.9. The molecule has 1 aliphatic carbocycles. The Bertz CT molecular complexity index is 4990. The molecule has 0 spiro atoms. The third-order valence-electron chi connectivity index (χ3n) is 17.6. The summed E-state index contributed by atoms with van der Waals surface area (Å²) in [6.45, 7) is 16.4. The van der Waals surface area contributed by atoms with Crippen LogP contribution in [0.25, 0.3) is 115 Å². The van der Waals surface area contributed by atoms with E-state index >= 15 is 0 Å². The first kappa shape index (κ1) is 47.2. The molecule has 5 aromatic heterocycles. The first-order valence-corrected chi connectivity index (χ1v) is 27.9. The fraction of sp³-hybridized carbons (Fsp3) is 0.162. The molecule has 9 aromatic carbocycles. The zero-order valence-electron chi connectivity index (χ0n) is 45.8. The van der Waals surface area contributed by atoms with Crippen molar-refractivity contribution in [2.45, 2.75) is 77.6 Å². The Hall–Kier alpha value is -9.06. The number of aromatic nitrogens is 4. The molecule has 79 heavy (non-hydrogen) atoms. The van der Waals surface area contributed by atoms with Crippen molar-refractivity contribution >= 4 is 97.7 Å². The molecule has 1 aliphatic rings. The van der Waals surface area contributed by atoms with Crippen LogP contribution in [0.3, 0.4) is 0 Å². The minimum absolute atomic E-state index is 0.0351. The molecule has 14 aromatic rings. The summed E-state index contributed by atoms with van der Waals surface area (Å²) in [5.74, 6) is 2.34. The standard InChI is InChI=1S/C74H60N4O/c1-72(2,3)47-37-40-75-68(42-47)78-65-30-17-16-25-57(65)59-35-33-49(44-67(59)78)79-48-32-34-58-53-21-10-8-19-51(53)55-23-12-14-26-61(55)70-71-62-27-15-13-24-56(62)52-20-9-11-22-54(52)60-29-18-28-50(69(60)77(71)45-76(70)66(58)43-48)46-31-36-63-64(41-46)74(6,7)39-38-73(63,4)5/h8-37,40-44H,38-39H2,1-7H3. The van der Waals surface area contributed by atoms with Gasteiger partial charge >= 0.3 is 0 Å².